The first-order valence-corrected chi connectivity index (χ1v) is 14.4. The summed E-state index contributed by atoms with van der Waals surface area (Å²) in [5.41, 5.74) is 3.62. The van der Waals surface area contributed by atoms with Gasteiger partial charge in [-0.25, -0.2) is 14.4 Å². The second kappa shape index (κ2) is 14.0. The van der Waals surface area contributed by atoms with Crippen LogP contribution in [0.5, 0.6) is 0 Å². The molecule has 0 spiro atoms. The highest BCUT2D eigenvalue weighted by Crippen LogP contribution is 2.44. The van der Waals surface area contributed by atoms with Gasteiger partial charge in [0.25, 0.3) is 10.1 Å². The molecule has 0 radical (unpaired) electrons. The number of hydrogen-bond donors (Lipinski definition) is 1. The van der Waals surface area contributed by atoms with Crippen molar-refractivity contribution < 1.29 is 41.6 Å². The summed E-state index contributed by atoms with van der Waals surface area (Å²) in [6.45, 7) is 0. The van der Waals surface area contributed by atoms with Gasteiger partial charge in [-0.2, -0.15) is 8.42 Å². The van der Waals surface area contributed by atoms with Crippen LogP contribution in [0, 0.1) is 0 Å². The Kier molecular flexibility index (Phi) is 10.7. The topological polar surface area (TPSA) is 133 Å². The molecular formula is C31H29O9PS. The van der Waals surface area contributed by atoms with Crippen LogP contribution >= 0.6 is 9.24 Å². The molecule has 11 heteroatoms. The van der Waals surface area contributed by atoms with Gasteiger partial charge in [-0.15, -0.1) is 9.24 Å². The van der Waals surface area contributed by atoms with Crippen molar-refractivity contribution in [2.75, 3.05) is 21.3 Å². The third kappa shape index (κ3) is 7.47. The zero-order chi connectivity index (χ0) is 30.9. The molecule has 218 valence electrons. The van der Waals surface area contributed by atoms with Gasteiger partial charge >= 0.3 is 17.9 Å². The van der Waals surface area contributed by atoms with Crippen molar-refractivity contribution in [1.29, 1.82) is 0 Å². The van der Waals surface area contributed by atoms with Crippen molar-refractivity contribution in [3.05, 3.63) is 137 Å². The van der Waals surface area contributed by atoms with Crippen molar-refractivity contribution in [3.63, 3.8) is 0 Å². The van der Waals surface area contributed by atoms with Crippen molar-refractivity contribution in [1.82, 2.24) is 0 Å². The maximum absolute atomic E-state index is 11.7. The van der Waals surface area contributed by atoms with Gasteiger partial charge in [0.2, 0.25) is 0 Å². The van der Waals surface area contributed by atoms with Crippen LogP contribution in [0.15, 0.2) is 108 Å². The third-order valence-electron chi connectivity index (χ3n) is 6.27. The maximum Gasteiger partial charge on any atom is 0.337 e. The Hall–Kier alpha value is -4.37. The van der Waals surface area contributed by atoms with E-state index in [-0.39, 0.29) is 22.3 Å². The Balaban J connectivity index is 0.000000241. The standard InChI is InChI=1S/C21H19O2P.C10H10O7S/c1-23-20(22)16-12-14-19(15-13-16)21(24,17-8-4-2-5-9-17)18-10-6-3-7-11-18;1-16-9(11)6-3-7(10(12)17-2)5-8(4-6)18(13,14)15/h2-15H,24H2,1H3;3-5H,1-2H3,(H,13,14,15). The minimum atomic E-state index is -4.55. The number of rotatable bonds is 7. The zero-order valence-corrected chi connectivity index (χ0v) is 25.0. The fourth-order valence-corrected chi connectivity index (χ4v) is 5.24. The molecule has 0 amide bonds. The minimum absolute atomic E-state index is 0.187. The number of ether oxygens (including phenoxy) is 3. The average molecular weight is 609 g/mol. The van der Waals surface area contributed by atoms with Gasteiger partial charge in [0, 0.05) is 0 Å². The Morgan fingerprint density at radius 2 is 0.952 bits per heavy atom. The van der Waals surface area contributed by atoms with E-state index in [1.165, 1.54) is 18.2 Å². The van der Waals surface area contributed by atoms with Crippen LogP contribution in [0.4, 0.5) is 0 Å². The summed E-state index contributed by atoms with van der Waals surface area (Å²) in [7, 11) is 2.04. The summed E-state index contributed by atoms with van der Waals surface area (Å²) in [6, 6.07) is 31.2. The molecule has 1 unspecified atom stereocenters. The Labute approximate surface area is 246 Å². The normalized spacial score (nSPS) is 11.0. The quantitative estimate of drug-likeness (QED) is 0.0995. The van der Waals surface area contributed by atoms with Crippen LogP contribution < -0.4 is 0 Å². The molecule has 1 atom stereocenters. The average Bonchev–Trinajstić information content (AvgIpc) is 3.03. The lowest BCUT2D eigenvalue weighted by molar-refractivity contribution is 0.0587. The second-order valence-corrected chi connectivity index (χ2v) is 11.1. The molecule has 0 aliphatic heterocycles. The molecule has 1 N–H and O–H groups in total. The summed E-state index contributed by atoms with van der Waals surface area (Å²) >= 11 is 0. The maximum atomic E-state index is 11.7. The molecule has 9 nitrogen and oxygen atoms in total. The molecule has 0 aliphatic rings. The Bertz CT molecular complexity index is 1580. The predicted molar refractivity (Wildman–Crippen MR) is 159 cm³/mol. The number of benzene rings is 4. The highest BCUT2D eigenvalue weighted by molar-refractivity contribution is 7.85. The van der Waals surface area contributed by atoms with Crippen LogP contribution in [0.3, 0.4) is 0 Å². The first-order valence-electron chi connectivity index (χ1n) is 12.3. The molecule has 0 heterocycles. The van der Waals surface area contributed by atoms with E-state index < -0.39 is 27.0 Å². The lowest BCUT2D eigenvalue weighted by Gasteiger charge is -2.31. The van der Waals surface area contributed by atoms with Crippen molar-refractivity contribution in [3.8, 4) is 0 Å². The van der Waals surface area contributed by atoms with E-state index in [4.69, 9.17) is 9.29 Å². The van der Waals surface area contributed by atoms with Gasteiger partial charge in [-0.3, -0.25) is 4.55 Å². The van der Waals surface area contributed by atoms with Crippen LogP contribution in [-0.2, 0) is 29.5 Å². The fraction of sp³-hybridized carbons (Fsp3) is 0.129. The second-order valence-electron chi connectivity index (χ2n) is 8.81. The molecule has 0 saturated carbocycles. The SMILES string of the molecule is COC(=O)c1cc(C(=O)OC)cc(S(=O)(=O)O)c1.COC(=O)c1ccc(C(P)(c2ccccc2)c2ccccc2)cc1. The lowest BCUT2D eigenvalue weighted by Crippen LogP contribution is -2.21. The summed E-state index contributed by atoms with van der Waals surface area (Å²) < 4.78 is 44.5. The van der Waals surface area contributed by atoms with E-state index in [2.05, 4.69) is 43.0 Å². The summed E-state index contributed by atoms with van der Waals surface area (Å²) in [5.74, 6) is -2.01. The number of methoxy groups -OCH3 is 3. The lowest BCUT2D eigenvalue weighted by atomic mass is 9.83. The fourth-order valence-electron chi connectivity index (χ4n) is 4.11. The van der Waals surface area contributed by atoms with Gasteiger partial charge in [-0.05, 0) is 47.0 Å². The summed E-state index contributed by atoms with van der Waals surface area (Å²) in [5, 5.41) is -0.378. The molecule has 0 saturated heterocycles. The highest BCUT2D eigenvalue weighted by Gasteiger charge is 2.31. The van der Waals surface area contributed by atoms with Crippen molar-refractivity contribution >= 4 is 37.3 Å². The minimum Gasteiger partial charge on any atom is -0.465 e. The van der Waals surface area contributed by atoms with Gasteiger partial charge in [0.15, 0.2) is 0 Å². The number of esters is 3. The van der Waals surface area contributed by atoms with E-state index in [1.54, 1.807) is 0 Å². The summed E-state index contributed by atoms with van der Waals surface area (Å²) in [4.78, 5) is 33.7. The largest absolute Gasteiger partial charge is 0.465 e. The molecule has 4 aromatic carbocycles. The molecule has 0 fully saturated rings. The number of carbonyl (C=O) groups is 3. The van der Waals surface area contributed by atoms with Gasteiger partial charge < -0.3 is 14.2 Å². The number of hydrogen-bond acceptors (Lipinski definition) is 8. The van der Waals surface area contributed by atoms with Crippen molar-refractivity contribution in [2.24, 2.45) is 0 Å². The predicted octanol–water partition coefficient (Wildman–Crippen LogP) is 5.15. The molecule has 0 aliphatic carbocycles. The van der Waals surface area contributed by atoms with E-state index >= 15 is 0 Å². The van der Waals surface area contributed by atoms with Gasteiger partial charge in [-0.1, -0.05) is 72.8 Å². The van der Waals surface area contributed by atoms with E-state index in [0.717, 1.165) is 38.0 Å². The molecule has 0 bridgehead atoms. The van der Waals surface area contributed by atoms with E-state index in [1.807, 2.05) is 60.7 Å². The molecule has 0 aromatic heterocycles. The number of carbonyl (C=O) groups excluding carboxylic acids is 3. The smallest absolute Gasteiger partial charge is 0.337 e. The van der Waals surface area contributed by atoms with Gasteiger partial charge in [0.1, 0.15) is 0 Å². The molecule has 4 rings (SSSR count). The monoisotopic (exact) mass is 608 g/mol. The molecule has 4 aromatic rings. The van der Waals surface area contributed by atoms with Crippen LogP contribution in [0.25, 0.3) is 0 Å². The van der Waals surface area contributed by atoms with E-state index in [9.17, 15) is 22.8 Å². The summed E-state index contributed by atoms with van der Waals surface area (Å²) in [6.07, 6.45) is 0. The Morgan fingerprint density at radius 3 is 1.31 bits per heavy atom. The van der Waals surface area contributed by atoms with Crippen LogP contribution in [-0.4, -0.2) is 52.2 Å². The third-order valence-corrected chi connectivity index (χ3v) is 8.10. The van der Waals surface area contributed by atoms with Crippen LogP contribution in [0.2, 0.25) is 0 Å². The van der Waals surface area contributed by atoms with Crippen LogP contribution in [0.1, 0.15) is 47.8 Å². The van der Waals surface area contributed by atoms with Crippen molar-refractivity contribution in [2.45, 2.75) is 10.1 Å². The van der Waals surface area contributed by atoms with Gasteiger partial charge in [0.05, 0.1) is 48.1 Å². The zero-order valence-electron chi connectivity index (χ0n) is 23.0. The first-order chi connectivity index (χ1) is 19.9. The highest BCUT2D eigenvalue weighted by atomic mass is 32.2. The molecule has 42 heavy (non-hydrogen) atoms. The van der Waals surface area contributed by atoms with E-state index in [0.29, 0.717) is 5.56 Å². The molecular weight excluding hydrogens is 579 g/mol. The first kappa shape index (κ1) is 32.1. The Morgan fingerprint density at radius 1 is 0.595 bits per heavy atom.